The molecular formula is C16H11BrN6O. The minimum atomic E-state index is -0.185. The van der Waals surface area contributed by atoms with Crippen LogP contribution in [0.3, 0.4) is 0 Å². The maximum Gasteiger partial charge on any atom is 0.255 e. The molecule has 0 atom stereocenters. The van der Waals surface area contributed by atoms with E-state index in [4.69, 9.17) is 0 Å². The van der Waals surface area contributed by atoms with Gasteiger partial charge in [-0.15, -0.1) is 10.2 Å². The number of hydrogen-bond acceptors (Lipinski definition) is 4. The topological polar surface area (TPSA) is 99.3 Å². The molecule has 2 heterocycles. The van der Waals surface area contributed by atoms with Crippen molar-refractivity contribution in [3.05, 3.63) is 58.7 Å². The van der Waals surface area contributed by atoms with Crippen LogP contribution >= 0.6 is 15.9 Å². The van der Waals surface area contributed by atoms with Crippen molar-refractivity contribution < 1.29 is 4.79 Å². The number of anilines is 1. The van der Waals surface area contributed by atoms with Gasteiger partial charge in [-0.1, -0.05) is 12.1 Å². The highest BCUT2D eigenvalue weighted by Crippen LogP contribution is 2.25. The number of benzene rings is 2. The van der Waals surface area contributed by atoms with Gasteiger partial charge in [0, 0.05) is 38.4 Å². The van der Waals surface area contributed by atoms with E-state index in [0.717, 1.165) is 20.9 Å². The highest BCUT2D eigenvalue weighted by atomic mass is 79.9. The summed E-state index contributed by atoms with van der Waals surface area (Å²) in [5, 5.41) is 17.7. The average molecular weight is 383 g/mol. The molecule has 3 N–H and O–H groups in total. The number of carbonyl (C=O) groups is 1. The quantitative estimate of drug-likeness (QED) is 0.505. The summed E-state index contributed by atoms with van der Waals surface area (Å²) in [7, 11) is 0. The Bertz CT molecular complexity index is 1020. The second-order valence-electron chi connectivity index (χ2n) is 5.17. The number of aromatic nitrogens is 5. The van der Waals surface area contributed by atoms with Gasteiger partial charge in [-0.3, -0.25) is 4.79 Å². The molecule has 7 nitrogen and oxygen atoms in total. The minimum Gasteiger partial charge on any atom is -0.360 e. The molecule has 4 rings (SSSR count). The fraction of sp³-hybridized carbons (Fsp3) is 0. The average Bonchev–Trinajstić information content (AvgIpc) is 3.25. The van der Waals surface area contributed by atoms with Crippen LogP contribution in [0.2, 0.25) is 0 Å². The van der Waals surface area contributed by atoms with Crippen LogP contribution in [-0.4, -0.2) is 31.5 Å². The lowest BCUT2D eigenvalue weighted by Gasteiger charge is -2.06. The summed E-state index contributed by atoms with van der Waals surface area (Å²) in [6, 6.07) is 12.8. The van der Waals surface area contributed by atoms with Crippen molar-refractivity contribution in [2.45, 2.75) is 0 Å². The fourth-order valence-electron chi connectivity index (χ4n) is 2.45. The lowest BCUT2D eigenvalue weighted by molar-refractivity contribution is 0.102. The molecule has 0 bridgehead atoms. The van der Waals surface area contributed by atoms with E-state index in [1.54, 1.807) is 12.1 Å². The third-order valence-corrected chi connectivity index (χ3v) is 4.27. The standard InChI is InChI=1S/C16H11BrN6O/c17-13-8-18-14-5-4-10(7-12(13)14)16(24)19-11-3-1-2-9(6-11)15-20-22-23-21-15/h1-8,18H,(H,19,24)(H,20,21,22,23). The van der Waals surface area contributed by atoms with Crippen molar-refractivity contribution in [1.29, 1.82) is 0 Å². The van der Waals surface area contributed by atoms with Crippen molar-refractivity contribution in [2.75, 3.05) is 5.32 Å². The van der Waals surface area contributed by atoms with E-state index in [2.05, 4.69) is 46.9 Å². The molecule has 4 aromatic rings. The first kappa shape index (κ1) is 14.6. The van der Waals surface area contributed by atoms with E-state index in [1.165, 1.54) is 0 Å². The SMILES string of the molecule is O=C(Nc1cccc(-c2nn[nH]n2)c1)c1ccc2[nH]cc(Br)c2c1. The van der Waals surface area contributed by atoms with Crippen LogP contribution in [0.5, 0.6) is 0 Å². The first-order valence-electron chi connectivity index (χ1n) is 7.12. The molecule has 0 unspecified atom stereocenters. The second kappa shape index (κ2) is 5.89. The molecule has 118 valence electrons. The molecule has 0 saturated carbocycles. The number of nitrogens with zero attached hydrogens (tertiary/aromatic N) is 3. The van der Waals surface area contributed by atoms with Gasteiger partial charge in [0.15, 0.2) is 0 Å². The molecule has 2 aromatic carbocycles. The zero-order chi connectivity index (χ0) is 16.5. The lowest BCUT2D eigenvalue weighted by atomic mass is 10.1. The Hall–Kier alpha value is -3.00. The first-order chi connectivity index (χ1) is 11.7. The summed E-state index contributed by atoms with van der Waals surface area (Å²) in [5.74, 6) is 0.291. The molecule has 0 aliphatic heterocycles. The van der Waals surface area contributed by atoms with Crippen molar-refractivity contribution in [1.82, 2.24) is 25.6 Å². The monoisotopic (exact) mass is 382 g/mol. The minimum absolute atomic E-state index is 0.185. The second-order valence-corrected chi connectivity index (χ2v) is 6.02. The predicted octanol–water partition coefficient (Wildman–Crippen LogP) is 3.36. The number of aromatic amines is 2. The summed E-state index contributed by atoms with van der Waals surface area (Å²) in [6.07, 6.45) is 1.85. The largest absolute Gasteiger partial charge is 0.360 e. The number of amides is 1. The van der Waals surface area contributed by atoms with Gasteiger partial charge >= 0.3 is 0 Å². The Morgan fingerprint density at radius 1 is 1.17 bits per heavy atom. The third-order valence-electron chi connectivity index (χ3n) is 3.62. The Kier molecular flexibility index (Phi) is 3.58. The maximum atomic E-state index is 12.5. The number of H-pyrrole nitrogens is 2. The van der Waals surface area contributed by atoms with Gasteiger partial charge in [-0.2, -0.15) is 5.21 Å². The smallest absolute Gasteiger partial charge is 0.255 e. The van der Waals surface area contributed by atoms with Gasteiger partial charge in [0.05, 0.1) is 0 Å². The molecule has 0 aliphatic rings. The van der Waals surface area contributed by atoms with Gasteiger partial charge in [0.1, 0.15) is 0 Å². The molecular weight excluding hydrogens is 372 g/mol. The predicted molar refractivity (Wildman–Crippen MR) is 93.6 cm³/mol. The normalized spacial score (nSPS) is 10.9. The molecule has 2 aromatic heterocycles. The first-order valence-corrected chi connectivity index (χ1v) is 7.92. The Balaban J connectivity index is 1.61. The van der Waals surface area contributed by atoms with Crippen LogP contribution in [0.4, 0.5) is 5.69 Å². The number of hydrogen-bond donors (Lipinski definition) is 3. The molecule has 0 fully saturated rings. The Morgan fingerprint density at radius 3 is 2.92 bits per heavy atom. The number of fused-ring (bicyclic) bond motifs is 1. The summed E-state index contributed by atoms with van der Waals surface area (Å²) < 4.78 is 0.922. The summed E-state index contributed by atoms with van der Waals surface area (Å²) in [4.78, 5) is 15.6. The van der Waals surface area contributed by atoms with Crippen molar-refractivity contribution in [3.63, 3.8) is 0 Å². The Morgan fingerprint density at radius 2 is 2.08 bits per heavy atom. The van der Waals surface area contributed by atoms with Crippen LogP contribution in [0.1, 0.15) is 10.4 Å². The van der Waals surface area contributed by atoms with Crippen molar-refractivity contribution in [3.8, 4) is 11.4 Å². The van der Waals surface area contributed by atoms with Gasteiger partial charge < -0.3 is 10.3 Å². The van der Waals surface area contributed by atoms with E-state index in [-0.39, 0.29) is 5.91 Å². The number of tetrazole rings is 1. The van der Waals surface area contributed by atoms with Gasteiger partial charge in [-0.25, -0.2) is 0 Å². The summed E-state index contributed by atoms with van der Waals surface area (Å²) >= 11 is 3.46. The maximum absolute atomic E-state index is 12.5. The number of halogens is 1. The van der Waals surface area contributed by atoms with E-state index < -0.39 is 0 Å². The molecule has 0 radical (unpaired) electrons. The van der Waals surface area contributed by atoms with E-state index in [9.17, 15) is 4.79 Å². The number of nitrogens with one attached hydrogen (secondary N) is 3. The van der Waals surface area contributed by atoms with Crippen LogP contribution in [-0.2, 0) is 0 Å². The summed E-state index contributed by atoms with van der Waals surface area (Å²) in [5.41, 5.74) is 2.98. The number of rotatable bonds is 3. The fourth-order valence-corrected chi connectivity index (χ4v) is 2.89. The van der Waals surface area contributed by atoms with E-state index in [1.807, 2.05) is 36.5 Å². The Labute approximate surface area is 144 Å². The third kappa shape index (κ3) is 2.67. The zero-order valence-electron chi connectivity index (χ0n) is 12.2. The number of carbonyl (C=O) groups excluding carboxylic acids is 1. The van der Waals surface area contributed by atoms with Crippen molar-refractivity contribution >= 4 is 38.4 Å². The van der Waals surface area contributed by atoms with Gasteiger partial charge in [-0.05, 0) is 51.5 Å². The van der Waals surface area contributed by atoms with Crippen molar-refractivity contribution in [2.24, 2.45) is 0 Å². The van der Waals surface area contributed by atoms with Gasteiger partial charge in [0.2, 0.25) is 5.82 Å². The molecule has 0 aliphatic carbocycles. The van der Waals surface area contributed by atoms with Crippen LogP contribution in [0, 0.1) is 0 Å². The summed E-state index contributed by atoms with van der Waals surface area (Å²) in [6.45, 7) is 0. The van der Waals surface area contributed by atoms with E-state index in [0.29, 0.717) is 17.1 Å². The van der Waals surface area contributed by atoms with E-state index >= 15 is 0 Å². The highest BCUT2D eigenvalue weighted by molar-refractivity contribution is 9.10. The van der Waals surface area contributed by atoms with Crippen LogP contribution < -0.4 is 5.32 Å². The highest BCUT2D eigenvalue weighted by Gasteiger charge is 2.10. The molecule has 1 amide bonds. The molecule has 8 heteroatoms. The molecule has 24 heavy (non-hydrogen) atoms. The molecule has 0 spiro atoms. The van der Waals surface area contributed by atoms with Crippen LogP contribution in [0.15, 0.2) is 53.1 Å². The molecule has 0 saturated heterocycles. The van der Waals surface area contributed by atoms with Crippen LogP contribution in [0.25, 0.3) is 22.3 Å². The zero-order valence-corrected chi connectivity index (χ0v) is 13.8. The lowest BCUT2D eigenvalue weighted by Crippen LogP contribution is -2.11. The van der Waals surface area contributed by atoms with Gasteiger partial charge in [0.25, 0.3) is 5.91 Å².